The zero-order valence-corrected chi connectivity index (χ0v) is 14.3. The summed E-state index contributed by atoms with van der Waals surface area (Å²) in [4.78, 5) is 33.7. The Kier molecular flexibility index (Phi) is 4.67. The Bertz CT molecular complexity index is 628. The maximum Gasteiger partial charge on any atom is 0.324 e. The average molecular weight is 348 g/mol. The molecule has 2 saturated heterocycles. The van der Waals surface area contributed by atoms with Gasteiger partial charge in [0, 0.05) is 32.1 Å². The normalized spacial score (nSPS) is 23.1. The SMILES string of the molecule is O=C1CNC(=O)N1CCN1CCCN(Cc2noc(C3CC3)n2)CC1. The molecule has 0 radical (unpaired) electrons. The average Bonchev–Trinajstić information content (AvgIpc) is 3.32. The molecule has 1 saturated carbocycles. The molecule has 9 nitrogen and oxygen atoms in total. The van der Waals surface area contributed by atoms with Crippen molar-refractivity contribution < 1.29 is 14.1 Å². The Morgan fingerprint density at radius 3 is 2.64 bits per heavy atom. The Balaban J connectivity index is 1.23. The number of amides is 3. The van der Waals surface area contributed by atoms with Gasteiger partial charge in [0.2, 0.25) is 11.8 Å². The molecule has 3 amide bonds. The predicted octanol–water partition coefficient (Wildman–Crippen LogP) is 0.00650. The molecule has 1 N–H and O–H groups in total. The molecule has 4 rings (SSSR count). The van der Waals surface area contributed by atoms with Crippen molar-refractivity contribution in [2.24, 2.45) is 0 Å². The zero-order chi connectivity index (χ0) is 17.2. The number of nitrogens with one attached hydrogen (secondary N) is 1. The summed E-state index contributed by atoms with van der Waals surface area (Å²) in [5.41, 5.74) is 0. The van der Waals surface area contributed by atoms with Crippen LogP contribution < -0.4 is 5.32 Å². The molecule has 0 bridgehead atoms. The van der Waals surface area contributed by atoms with Crippen molar-refractivity contribution in [1.82, 2.24) is 30.2 Å². The zero-order valence-electron chi connectivity index (χ0n) is 14.3. The van der Waals surface area contributed by atoms with Crippen molar-refractivity contribution in [2.45, 2.75) is 31.7 Å². The lowest BCUT2D eigenvalue weighted by molar-refractivity contribution is -0.125. The van der Waals surface area contributed by atoms with Crippen molar-refractivity contribution in [3.63, 3.8) is 0 Å². The summed E-state index contributed by atoms with van der Waals surface area (Å²) in [7, 11) is 0. The monoisotopic (exact) mass is 348 g/mol. The minimum Gasteiger partial charge on any atom is -0.339 e. The van der Waals surface area contributed by atoms with Crippen LogP contribution in [0.2, 0.25) is 0 Å². The van der Waals surface area contributed by atoms with Gasteiger partial charge in [-0.1, -0.05) is 5.16 Å². The highest BCUT2D eigenvalue weighted by Crippen LogP contribution is 2.38. The summed E-state index contributed by atoms with van der Waals surface area (Å²) < 4.78 is 5.32. The van der Waals surface area contributed by atoms with E-state index in [1.54, 1.807) is 0 Å². The standard InChI is InChI=1S/C16H24N6O3/c23-14-10-17-16(24)22(14)9-8-20-4-1-5-21(7-6-20)11-13-18-15(25-19-13)12-2-3-12/h12H,1-11H2,(H,17,24). The smallest absolute Gasteiger partial charge is 0.324 e. The van der Waals surface area contributed by atoms with Crippen LogP contribution in [0.5, 0.6) is 0 Å². The summed E-state index contributed by atoms with van der Waals surface area (Å²) in [5.74, 6) is 1.92. The molecule has 9 heteroatoms. The van der Waals surface area contributed by atoms with Crippen molar-refractivity contribution in [1.29, 1.82) is 0 Å². The van der Waals surface area contributed by atoms with Gasteiger partial charge in [-0.15, -0.1) is 0 Å². The number of imide groups is 1. The van der Waals surface area contributed by atoms with Gasteiger partial charge in [-0.2, -0.15) is 4.98 Å². The molecule has 1 aromatic heterocycles. The van der Waals surface area contributed by atoms with E-state index in [1.807, 2.05) is 0 Å². The first-order valence-corrected chi connectivity index (χ1v) is 9.04. The lowest BCUT2D eigenvalue weighted by Gasteiger charge is -2.22. The van der Waals surface area contributed by atoms with E-state index >= 15 is 0 Å². The van der Waals surface area contributed by atoms with Gasteiger partial charge in [-0.3, -0.25) is 14.6 Å². The molecule has 1 aliphatic carbocycles. The minimum absolute atomic E-state index is 0.125. The van der Waals surface area contributed by atoms with Crippen LogP contribution >= 0.6 is 0 Å². The van der Waals surface area contributed by atoms with E-state index in [9.17, 15) is 9.59 Å². The number of nitrogens with zero attached hydrogens (tertiary/aromatic N) is 5. The van der Waals surface area contributed by atoms with Gasteiger partial charge in [0.25, 0.3) is 0 Å². The summed E-state index contributed by atoms with van der Waals surface area (Å²) >= 11 is 0. The summed E-state index contributed by atoms with van der Waals surface area (Å²) in [6, 6.07) is -0.273. The first kappa shape index (κ1) is 16.5. The maximum atomic E-state index is 11.6. The molecule has 3 fully saturated rings. The number of aromatic nitrogens is 2. The number of hydrogen-bond acceptors (Lipinski definition) is 7. The van der Waals surface area contributed by atoms with E-state index in [4.69, 9.17) is 4.52 Å². The Hall–Kier alpha value is -2.00. The number of carbonyl (C=O) groups is 2. The van der Waals surface area contributed by atoms with Crippen LogP contribution in [0.4, 0.5) is 4.79 Å². The molecular formula is C16H24N6O3. The van der Waals surface area contributed by atoms with Crippen LogP contribution in [0.25, 0.3) is 0 Å². The third kappa shape index (κ3) is 3.98. The minimum atomic E-state index is -0.273. The van der Waals surface area contributed by atoms with E-state index < -0.39 is 0 Å². The molecule has 0 spiro atoms. The first-order chi connectivity index (χ1) is 12.2. The van der Waals surface area contributed by atoms with E-state index in [-0.39, 0.29) is 18.5 Å². The predicted molar refractivity (Wildman–Crippen MR) is 87.7 cm³/mol. The Morgan fingerprint density at radius 2 is 1.88 bits per heavy atom. The van der Waals surface area contributed by atoms with Gasteiger partial charge >= 0.3 is 6.03 Å². The quantitative estimate of drug-likeness (QED) is 0.724. The largest absolute Gasteiger partial charge is 0.339 e. The maximum absolute atomic E-state index is 11.6. The van der Waals surface area contributed by atoms with Crippen LogP contribution in [0.1, 0.15) is 36.9 Å². The molecule has 136 valence electrons. The first-order valence-electron chi connectivity index (χ1n) is 9.04. The highest BCUT2D eigenvalue weighted by atomic mass is 16.5. The van der Waals surface area contributed by atoms with Crippen LogP contribution in [-0.2, 0) is 11.3 Å². The van der Waals surface area contributed by atoms with E-state index in [0.717, 1.165) is 70.2 Å². The van der Waals surface area contributed by atoms with Gasteiger partial charge in [-0.05, 0) is 32.4 Å². The van der Waals surface area contributed by atoms with E-state index in [1.165, 1.54) is 4.90 Å². The topological polar surface area (TPSA) is 94.8 Å². The highest BCUT2D eigenvalue weighted by Gasteiger charge is 2.30. The van der Waals surface area contributed by atoms with Crippen LogP contribution in [0.15, 0.2) is 4.52 Å². The molecule has 0 unspecified atom stereocenters. The number of rotatable bonds is 6. The van der Waals surface area contributed by atoms with Crippen molar-refractivity contribution in [2.75, 3.05) is 45.8 Å². The summed E-state index contributed by atoms with van der Waals surface area (Å²) in [5, 5.41) is 6.65. The third-order valence-electron chi connectivity index (χ3n) is 5.03. The molecule has 3 aliphatic rings. The van der Waals surface area contributed by atoms with Crippen molar-refractivity contribution in [3.05, 3.63) is 11.7 Å². The van der Waals surface area contributed by atoms with E-state index in [2.05, 4.69) is 25.3 Å². The fraction of sp³-hybridized carbons (Fsp3) is 0.750. The van der Waals surface area contributed by atoms with Gasteiger partial charge in [0.05, 0.1) is 13.1 Å². The molecule has 0 atom stereocenters. The Morgan fingerprint density at radius 1 is 1.08 bits per heavy atom. The number of urea groups is 1. The molecule has 3 heterocycles. The molecule has 2 aliphatic heterocycles. The fourth-order valence-electron chi connectivity index (χ4n) is 3.36. The van der Waals surface area contributed by atoms with Crippen molar-refractivity contribution >= 4 is 11.9 Å². The van der Waals surface area contributed by atoms with Gasteiger partial charge < -0.3 is 14.7 Å². The van der Waals surface area contributed by atoms with Gasteiger partial charge in [0.1, 0.15) is 0 Å². The highest BCUT2D eigenvalue weighted by molar-refractivity contribution is 6.01. The summed E-state index contributed by atoms with van der Waals surface area (Å²) in [6.45, 7) is 5.83. The second-order valence-electron chi connectivity index (χ2n) is 7.00. The molecule has 25 heavy (non-hydrogen) atoms. The second kappa shape index (κ2) is 7.09. The van der Waals surface area contributed by atoms with E-state index in [0.29, 0.717) is 12.5 Å². The second-order valence-corrected chi connectivity index (χ2v) is 7.00. The lowest BCUT2D eigenvalue weighted by atomic mass is 10.3. The Labute approximate surface area is 146 Å². The van der Waals surface area contributed by atoms with Crippen LogP contribution in [0.3, 0.4) is 0 Å². The number of carbonyl (C=O) groups excluding carboxylic acids is 2. The van der Waals surface area contributed by atoms with Crippen molar-refractivity contribution in [3.8, 4) is 0 Å². The summed E-state index contributed by atoms with van der Waals surface area (Å²) in [6.07, 6.45) is 3.38. The van der Waals surface area contributed by atoms with Crippen LogP contribution in [-0.4, -0.2) is 82.6 Å². The lowest BCUT2D eigenvalue weighted by Crippen LogP contribution is -2.40. The molecular weight excluding hydrogens is 324 g/mol. The van der Waals surface area contributed by atoms with Gasteiger partial charge in [-0.25, -0.2) is 4.79 Å². The molecule has 1 aromatic rings. The molecule has 0 aromatic carbocycles. The van der Waals surface area contributed by atoms with Crippen LogP contribution in [0, 0.1) is 0 Å². The fourth-order valence-corrected chi connectivity index (χ4v) is 3.36. The van der Waals surface area contributed by atoms with Gasteiger partial charge in [0.15, 0.2) is 5.82 Å². The third-order valence-corrected chi connectivity index (χ3v) is 5.03. The number of hydrogen-bond donors (Lipinski definition) is 1.